The van der Waals surface area contributed by atoms with E-state index in [1.54, 1.807) is 42.3 Å². The Balaban J connectivity index is 1.38. The van der Waals surface area contributed by atoms with Crippen molar-refractivity contribution in [3.05, 3.63) is 72.4 Å². The number of hydrogen-bond acceptors (Lipinski definition) is 7. The third kappa shape index (κ3) is 3.89. The van der Waals surface area contributed by atoms with Gasteiger partial charge in [-0.15, -0.1) is 11.3 Å². The molecule has 4 aromatic rings. The highest BCUT2D eigenvalue weighted by atomic mass is 32.1. The number of thiazole rings is 1. The molecule has 128 valence electrons. The average molecular weight is 360 g/mol. The summed E-state index contributed by atoms with van der Waals surface area (Å²) in [6.07, 6.45) is 9.67. The van der Waals surface area contributed by atoms with E-state index in [0.29, 0.717) is 5.95 Å². The lowest BCUT2D eigenvalue weighted by atomic mass is 10.2. The van der Waals surface area contributed by atoms with Crippen LogP contribution in [0.15, 0.2) is 66.7 Å². The Morgan fingerprint density at radius 1 is 0.885 bits per heavy atom. The molecule has 0 aliphatic carbocycles. The van der Waals surface area contributed by atoms with Crippen molar-refractivity contribution in [3.63, 3.8) is 0 Å². The first kappa shape index (κ1) is 16.3. The van der Waals surface area contributed by atoms with Crippen molar-refractivity contribution in [3.8, 4) is 21.8 Å². The van der Waals surface area contributed by atoms with Crippen LogP contribution in [-0.4, -0.2) is 31.5 Å². The van der Waals surface area contributed by atoms with Gasteiger partial charge in [-0.1, -0.05) is 0 Å². The number of nitrogens with one attached hydrogen (secondary N) is 1. The second-order valence-electron chi connectivity index (χ2n) is 5.56. The van der Waals surface area contributed by atoms with Crippen molar-refractivity contribution in [1.82, 2.24) is 24.9 Å². The largest absolute Gasteiger partial charge is 0.354 e. The van der Waals surface area contributed by atoms with Gasteiger partial charge in [0.1, 0.15) is 5.01 Å². The molecule has 0 aliphatic rings. The van der Waals surface area contributed by atoms with Crippen LogP contribution in [0.3, 0.4) is 0 Å². The molecule has 0 saturated carbocycles. The standard InChI is InChI=1S/C19H16N6S/c1-2-15(12-21-7-1)17-6-11-23-19(25-17)22-10-5-16-13-26-18(24-16)14-3-8-20-9-4-14/h1-4,6-9,11-13H,5,10H2,(H,22,23,25). The molecule has 0 radical (unpaired) electrons. The van der Waals surface area contributed by atoms with Gasteiger partial charge in [-0.2, -0.15) is 0 Å². The van der Waals surface area contributed by atoms with Crippen LogP contribution in [-0.2, 0) is 6.42 Å². The average Bonchev–Trinajstić information content (AvgIpc) is 3.19. The van der Waals surface area contributed by atoms with Crippen LogP contribution in [0.5, 0.6) is 0 Å². The van der Waals surface area contributed by atoms with Crippen molar-refractivity contribution in [2.75, 3.05) is 11.9 Å². The summed E-state index contributed by atoms with van der Waals surface area (Å²) in [6.45, 7) is 0.718. The minimum atomic E-state index is 0.607. The number of nitrogens with zero attached hydrogens (tertiary/aromatic N) is 5. The van der Waals surface area contributed by atoms with Gasteiger partial charge in [-0.25, -0.2) is 15.0 Å². The molecule has 0 aromatic carbocycles. The molecular weight excluding hydrogens is 344 g/mol. The Hall–Kier alpha value is -3.19. The minimum absolute atomic E-state index is 0.607. The van der Waals surface area contributed by atoms with E-state index in [0.717, 1.165) is 40.5 Å². The van der Waals surface area contributed by atoms with Gasteiger partial charge >= 0.3 is 0 Å². The van der Waals surface area contributed by atoms with Gasteiger partial charge in [0.2, 0.25) is 5.95 Å². The number of pyridine rings is 2. The van der Waals surface area contributed by atoms with Gasteiger partial charge in [0.05, 0.1) is 11.4 Å². The van der Waals surface area contributed by atoms with E-state index in [9.17, 15) is 0 Å². The lowest BCUT2D eigenvalue weighted by Crippen LogP contribution is -2.08. The van der Waals surface area contributed by atoms with E-state index in [-0.39, 0.29) is 0 Å². The predicted molar refractivity (Wildman–Crippen MR) is 103 cm³/mol. The lowest BCUT2D eigenvalue weighted by Gasteiger charge is -2.05. The second-order valence-corrected chi connectivity index (χ2v) is 6.42. The molecule has 4 rings (SSSR count). The third-order valence-electron chi connectivity index (χ3n) is 3.76. The molecule has 4 heterocycles. The molecule has 0 fully saturated rings. The summed E-state index contributed by atoms with van der Waals surface area (Å²) in [5.74, 6) is 0.607. The van der Waals surface area contributed by atoms with Crippen LogP contribution in [0.4, 0.5) is 5.95 Å². The summed E-state index contributed by atoms with van der Waals surface area (Å²) >= 11 is 1.64. The molecule has 0 unspecified atom stereocenters. The molecule has 0 aliphatic heterocycles. The summed E-state index contributed by atoms with van der Waals surface area (Å²) < 4.78 is 0. The minimum Gasteiger partial charge on any atom is -0.354 e. The molecule has 0 spiro atoms. The smallest absolute Gasteiger partial charge is 0.223 e. The summed E-state index contributed by atoms with van der Waals surface area (Å²) in [7, 11) is 0. The summed E-state index contributed by atoms with van der Waals surface area (Å²) in [5, 5.41) is 6.36. The van der Waals surface area contributed by atoms with E-state index >= 15 is 0 Å². The molecule has 0 saturated heterocycles. The molecule has 26 heavy (non-hydrogen) atoms. The molecular formula is C19H16N6S. The molecule has 0 amide bonds. The Morgan fingerprint density at radius 3 is 2.65 bits per heavy atom. The Bertz CT molecular complexity index is 972. The monoisotopic (exact) mass is 360 g/mol. The fraction of sp³-hybridized carbons (Fsp3) is 0.105. The maximum atomic E-state index is 4.68. The van der Waals surface area contributed by atoms with Crippen molar-refractivity contribution >= 4 is 17.3 Å². The Labute approximate surface area is 155 Å². The summed E-state index contributed by atoms with van der Waals surface area (Å²) in [4.78, 5) is 21.7. The molecule has 7 heteroatoms. The first-order chi connectivity index (χ1) is 12.9. The van der Waals surface area contributed by atoms with E-state index in [1.165, 1.54) is 0 Å². The van der Waals surface area contributed by atoms with Crippen molar-refractivity contribution in [1.29, 1.82) is 0 Å². The fourth-order valence-electron chi connectivity index (χ4n) is 2.47. The number of hydrogen-bond donors (Lipinski definition) is 1. The van der Waals surface area contributed by atoms with Gasteiger partial charge in [0.15, 0.2) is 0 Å². The van der Waals surface area contributed by atoms with Crippen molar-refractivity contribution in [2.45, 2.75) is 6.42 Å². The molecule has 0 atom stereocenters. The third-order valence-corrected chi connectivity index (χ3v) is 4.70. The van der Waals surface area contributed by atoms with Gasteiger partial charge in [-0.05, 0) is 30.3 Å². The zero-order valence-corrected chi connectivity index (χ0v) is 14.7. The number of aromatic nitrogens is 5. The van der Waals surface area contributed by atoms with Crippen LogP contribution in [0.2, 0.25) is 0 Å². The van der Waals surface area contributed by atoms with Crippen LogP contribution in [0.1, 0.15) is 5.69 Å². The van der Waals surface area contributed by atoms with Crippen LogP contribution < -0.4 is 5.32 Å². The van der Waals surface area contributed by atoms with Crippen molar-refractivity contribution < 1.29 is 0 Å². The van der Waals surface area contributed by atoms with E-state index in [2.05, 4.69) is 35.6 Å². The highest BCUT2D eigenvalue weighted by Crippen LogP contribution is 2.23. The first-order valence-corrected chi connectivity index (χ1v) is 9.08. The molecule has 1 N–H and O–H groups in total. The normalized spacial score (nSPS) is 10.6. The summed E-state index contributed by atoms with van der Waals surface area (Å²) in [5.41, 5.74) is 3.97. The van der Waals surface area contributed by atoms with Gasteiger partial charge in [0, 0.05) is 60.5 Å². The van der Waals surface area contributed by atoms with Gasteiger partial charge < -0.3 is 5.32 Å². The first-order valence-electron chi connectivity index (χ1n) is 8.20. The number of anilines is 1. The Kier molecular flexibility index (Phi) is 4.88. The van der Waals surface area contributed by atoms with E-state index in [4.69, 9.17) is 0 Å². The molecule has 4 aromatic heterocycles. The maximum absolute atomic E-state index is 4.68. The highest BCUT2D eigenvalue weighted by Gasteiger charge is 2.05. The lowest BCUT2D eigenvalue weighted by molar-refractivity contribution is 0.955. The predicted octanol–water partition coefficient (Wildman–Crippen LogP) is 3.71. The summed E-state index contributed by atoms with van der Waals surface area (Å²) in [6, 6.07) is 9.70. The SMILES string of the molecule is c1cncc(-c2ccnc(NCCc3csc(-c4ccncc4)n3)n2)c1. The second kappa shape index (κ2) is 7.79. The topological polar surface area (TPSA) is 76.5 Å². The van der Waals surface area contributed by atoms with Crippen LogP contribution >= 0.6 is 11.3 Å². The zero-order chi connectivity index (χ0) is 17.6. The fourth-order valence-corrected chi connectivity index (χ4v) is 3.33. The van der Waals surface area contributed by atoms with E-state index < -0.39 is 0 Å². The zero-order valence-electron chi connectivity index (χ0n) is 13.9. The van der Waals surface area contributed by atoms with E-state index in [1.807, 2.05) is 30.3 Å². The van der Waals surface area contributed by atoms with Crippen LogP contribution in [0.25, 0.3) is 21.8 Å². The van der Waals surface area contributed by atoms with Gasteiger partial charge in [-0.3, -0.25) is 9.97 Å². The highest BCUT2D eigenvalue weighted by molar-refractivity contribution is 7.13. The quantitative estimate of drug-likeness (QED) is 0.565. The maximum Gasteiger partial charge on any atom is 0.223 e. The number of rotatable bonds is 6. The van der Waals surface area contributed by atoms with Crippen molar-refractivity contribution in [2.24, 2.45) is 0 Å². The Morgan fingerprint density at radius 2 is 1.81 bits per heavy atom. The molecule has 6 nitrogen and oxygen atoms in total. The van der Waals surface area contributed by atoms with Crippen LogP contribution in [0, 0.1) is 0 Å². The molecule has 0 bridgehead atoms. The van der Waals surface area contributed by atoms with Gasteiger partial charge in [0.25, 0.3) is 0 Å².